The number of halogens is 2. The number of esters is 1. The largest absolute Gasteiger partial charge is 0.468 e. The van der Waals surface area contributed by atoms with Gasteiger partial charge >= 0.3 is 5.97 Å². The number of ether oxygens (including phenoxy) is 1. The highest BCUT2D eigenvalue weighted by Gasteiger charge is 2.67. The quantitative estimate of drug-likeness (QED) is 0.588. The van der Waals surface area contributed by atoms with E-state index < -0.39 is 15.7 Å². The maximum absolute atomic E-state index is 11.5. The van der Waals surface area contributed by atoms with Gasteiger partial charge in [0.2, 0.25) is 5.91 Å². The van der Waals surface area contributed by atoms with E-state index in [0.29, 0.717) is 6.42 Å². The molecule has 0 aromatic heterocycles. The SMILES string of the molecule is COC(=O)CNC(=O)C1(C)CC1(Cl)Cl. The molecule has 0 aromatic rings. The van der Waals surface area contributed by atoms with Crippen LogP contribution < -0.4 is 5.32 Å². The third-order valence-corrected chi connectivity index (χ3v) is 3.48. The maximum Gasteiger partial charge on any atom is 0.325 e. The van der Waals surface area contributed by atoms with E-state index in [9.17, 15) is 9.59 Å². The lowest BCUT2D eigenvalue weighted by molar-refractivity contribution is -0.141. The van der Waals surface area contributed by atoms with E-state index in [1.165, 1.54) is 7.11 Å². The number of carbonyl (C=O) groups excluding carboxylic acids is 2. The summed E-state index contributed by atoms with van der Waals surface area (Å²) in [5, 5.41) is 2.41. The Morgan fingerprint density at radius 1 is 1.50 bits per heavy atom. The van der Waals surface area contributed by atoms with E-state index in [-0.39, 0.29) is 12.5 Å². The lowest BCUT2D eigenvalue weighted by Crippen LogP contribution is -2.37. The summed E-state index contributed by atoms with van der Waals surface area (Å²) in [6, 6.07) is 0. The van der Waals surface area contributed by atoms with Gasteiger partial charge in [-0.1, -0.05) is 0 Å². The molecule has 1 rings (SSSR count). The van der Waals surface area contributed by atoms with Gasteiger partial charge in [-0.2, -0.15) is 0 Å². The van der Waals surface area contributed by atoms with Crippen LogP contribution in [0.15, 0.2) is 0 Å². The topological polar surface area (TPSA) is 55.4 Å². The van der Waals surface area contributed by atoms with Crippen molar-refractivity contribution in [3.05, 3.63) is 0 Å². The minimum Gasteiger partial charge on any atom is -0.468 e. The van der Waals surface area contributed by atoms with Gasteiger partial charge in [-0.05, 0) is 13.3 Å². The molecule has 0 saturated heterocycles. The second-order valence-corrected chi connectivity index (χ2v) is 4.96. The number of carbonyl (C=O) groups is 2. The van der Waals surface area contributed by atoms with E-state index in [2.05, 4.69) is 10.1 Å². The lowest BCUT2D eigenvalue weighted by atomic mass is 10.1. The molecule has 80 valence electrons. The van der Waals surface area contributed by atoms with Crippen LogP contribution in [0.4, 0.5) is 0 Å². The van der Waals surface area contributed by atoms with Gasteiger partial charge in [-0.3, -0.25) is 9.59 Å². The van der Waals surface area contributed by atoms with Crippen molar-refractivity contribution in [3.63, 3.8) is 0 Å². The second kappa shape index (κ2) is 3.59. The number of hydrogen-bond acceptors (Lipinski definition) is 3. The fourth-order valence-electron chi connectivity index (χ4n) is 1.07. The monoisotopic (exact) mass is 239 g/mol. The normalized spacial score (nSPS) is 28.0. The van der Waals surface area contributed by atoms with Crippen molar-refractivity contribution in [1.82, 2.24) is 5.32 Å². The zero-order chi connectivity index (χ0) is 11.0. The molecule has 0 bridgehead atoms. The van der Waals surface area contributed by atoms with E-state index in [4.69, 9.17) is 23.2 Å². The zero-order valence-corrected chi connectivity index (χ0v) is 9.41. The van der Waals surface area contributed by atoms with Gasteiger partial charge in [0.25, 0.3) is 0 Å². The first-order chi connectivity index (χ1) is 6.33. The maximum atomic E-state index is 11.5. The van der Waals surface area contributed by atoms with Gasteiger partial charge in [-0.25, -0.2) is 0 Å². The molecule has 1 unspecified atom stereocenters. The summed E-state index contributed by atoms with van der Waals surface area (Å²) in [5.74, 6) is -0.828. The Balaban J connectivity index is 2.42. The predicted octanol–water partition coefficient (Wildman–Crippen LogP) is 0.859. The minimum absolute atomic E-state index is 0.158. The van der Waals surface area contributed by atoms with Gasteiger partial charge in [0, 0.05) is 0 Å². The van der Waals surface area contributed by atoms with Crippen LogP contribution in [0.2, 0.25) is 0 Å². The second-order valence-electron chi connectivity index (χ2n) is 3.47. The van der Waals surface area contributed by atoms with Gasteiger partial charge < -0.3 is 10.1 Å². The summed E-state index contributed by atoms with van der Waals surface area (Å²) in [6.07, 6.45) is 0.399. The van der Waals surface area contributed by atoms with Crippen molar-refractivity contribution < 1.29 is 14.3 Å². The van der Waals surface area contributed by atoms with Crippen LogP contribution in [0, 0.1) is 5.41 Å². The highest BCUT2D eigenvalue weighted by atomic mass is 35.5. The van der Waals surface area contributed by atoms with Crippen LogP contribution in [0.1, 0.15) is 13.3 Å². The predicted molar refractivity (Wildman–Crippen MR) is 52.2 cm³/mol. The molecule has 1 fully saturated rings. The van der Waals surface area contributed by atoms with Gasteiger partial charge in [-0.15, -0.1) is 23.2 Å². The standard InChI is InChI=1S/C8H11Cl2NO3/c1-7(4-8(7,9)10)6(13)11-3-5(12)14-2/h3-4H2,1-2H3,(H,11,13). The number of alkyl halides is 2. The van der Waals surface area contributed by atoms with Crippen molar-refractivity contribution in [3.8, 4) is 0 Å². The molecule has 1 saturated carbocycles. The van der Waals surface area contributed by atoms with Crippen LogP contribution in [0.25, 0.3) is 0 Å². The first kappa shape index (κ1) is 11.6. The summed E-state index contributed by atoms with van der Waals surface area (Å²) < 4.78 is 3.36. The van der Waals surface area contributed by atoms with Crippen LogP contribution in [0.3, 0.4) is 0 Å². The fourth-order valence-corrected chi connectivity index (χ4v) is 1.77. The third-order valence-electron chi connectivity index (χ3n) is 2.38. The van der Waals surface area contributed by atoms with Crippen molar-refractivity contribution >= 4 is 35.1 Å². The highest BCUT2D eigenvalue weighted by molar-refractivity contribution is 6.53. The Bertz CT molecular complexity index is 280. The van der Waals surface area contributed by atoms with Crippen LogP contribution >= 0.6 is 23.2 Å². The molecule has 1 aliphatic rings. The van der Waals surface area contributed by atoms with E-state index in [0.717, 1.165) is 0 Å². The Labute approximate surface area is 91.9 Å². The molecule has 1 aliphatic carbocycles. The number of methoxy groups -OCH3 is 1. The Kier molecular flexibility index (Phi) is 2.97. The zero-order valence-electron chi connectivity index (χ0n) is 7.89. The summed E-state index contributed by atoms with van der Waals surface area (Å²) >= 11 is 11.6. The number of rotatable bonds is 3. The van der Waals surface area contributed by atoms with E-state index in [1.54, 1.807) is 6.92 Å². The lowest BCUT2D eigenvalue weighted by Gasteiger charge is -2.11. The average molecular weight is 240 g/mol. The molecule has 0 aliphatic heterocycles. The van der Waals surface area contributed by atoms with Crippen LogP contribution in [-0.4, -0.2) is 29.9 Å². The first-order valence-corrected chi connectivity index (χ1v) is 4.82. The smallest absolute Gasteiger partial charge is 0.325 e. The fraction of sp³-hybridized carbons (Fsp3) is 0.750. The number of hydrogen-bond donors (Lipinski definition) is 1. The Morgan fingerprint density at radius 3 is 2.36 bits per heavy atom. The van der Waals surface area contributed by atoms with Gasteiger partial charge in [0.05, 0.1) is 12.5 Å². The third kappa shape index (κ3) is 1.96. The van der Waals surface area contributed by atoms with E-state index >= 15 is 0 Å². The molecule has 0 spiro atoms. The van der Waals surface area contributed by atoms with Gasteiger partial charge in [0.15, 0.2) is 0 Å². The molecule has 0 heterocycles. The Hall–Kier alpha value is -0.480. The molecule has 0 aromatic carbocycles. The summed E-state index contributed by atoms with van der Waals surface area (Å²) in [5.41, 5.74) is -0.788. The van der Waals surface area contributed by atoms with Crippen molar-refractivity contribution in [2.75, 3.05) is 13.7 Å². The summed E-state index contributed by atoms with van der Waals surface area (Å²) in [4.78, 5) is 22.2. The summed E-state index contributed by atoms with van der Waals surface area (Å²) in [7, 11) is 1.25. The molecule has 6 heteroatoms. The Morgan fingerprint density at radius 2 is 2.00 bits per heavy atom. The van der Waals surface area contributed by atoms with Crippen molar-refractivity contribution in [1.29, 1.82) is 0 Å². The molecule has 1 amide bonds. The molecule has 1 N–H and O–H groups in total. The van der Waals surface area contributed by atoms with Gasteiger partial charge in [0.1, 0.15) is 10.9 Å². The highest BCUT2D eigenvalue weighted by Crippen LogP contribution is 2.63. The first-order valence-electron chi connectivity index (χ1n) is 4.06. The average Bonchev–Trinajstić information content (AvgIpc) is 2.62. The molecular formula is C8H11Cl2NO3. The summed E-state index contributed by atoms with van der Waals surface area (Å²) in [6.45, 7) is 1.49. The van der Waals surface area contributed by atoms with Crippen molar-refractivity contribution in [2.45, 2.75) is 17.7 Å². The number of nitrogens with one attached hydrogen (secondary N) is 1. The van der Waals surface area contributed by atoms with Crippen LogP contribution in [-0.2, 0) is 14.3 Å². The molecule has 14 heavy (non-hydrogen) atoms. The van der Waals surface area contributed by atoms with Crippen molar-refractivity contribution in [2.24, 2.45) is 5.41 Å². The number of amides is 1. The minimum atomic E-state index is -1.01. The molecule has 0 radical (unpaired) electrons. The van der Waals surface area contributed by atoms with E-state index in [1.807, 2.05) is 0 Å². The molecule has 4 nitrogen and oxygen atoms in total. The molecule has 1 atom stereocenters. The van der Waals surface area contributed by atoms with Crippen LogP contribution in [0.5, 0.6) is 0 Å². The molecular weight excluding hydrogens is 229 g/mol.